The number of nitrogens with one attached hydrogen (secondary N) is 1. The van der Waals surface area contributed by atoms with Gasteiger partial charge < -0.3 is 14.6 Å². The standard InChI is InChI=1S/C21H24BrNO4S/c1-13(2)15-5-3-4-6-18(15)26-9-10-27-19-8-7-14(11-16(19)22)20-23-17(12-28-20)21(24)25/h3-8,11,13,17,20,23H,9-10,12H2,1-2H3,(H,24,25). The molecular weight excluding hydrogens is 442 g/mol. The van der Waals surface area contributed by atoms with Crippen molar-refractivity contribution in [2.24, 2.45) is 0 Å². The van der Waals surface area contributed by atoms with E-state index in [1.165, 1.54) is 5.56 Å². The molecular formula is C21H24BrNO4S. The van der Waals surface area contributed by atoms with Gasteiger partial charge in [-0.3, -0.25) is 10.1 Å². The van der Waals surface area contributed by atoms with Gasteiger partial charge in [0.2, 0.25) is 0 Å². The summed E-state index contributed by atoms with van der Waals surface area (Å²) in [5.74, 6) is 1.79. The Balaban J connectivity index is 1.53. The molecule has 7 heteroatoms. The minimum Gasteiger partial charge on any atom is -0.490 e. The zero-order valence-electron chi connectivity index (χ0n) is 15.9. The van der Waals surface area contributed by atoms with E-state index in [0.717, 1.165) is 21.5 Å². The first-order valence-corrected chi connectivity index (χ1v) is 11.0. The van der Waals surface area contributed by atoms with Crippen molar-refractivity contribution >= 4 is 33.7 Å². The van der Waals surface area contributed by atoms with Crippen LogP contribution in [0.3, 0.4) is 0 Å². The van der Waals surface area contributed by atoms with Crippen LogP contribution in [-0.4, -0.2) is 36.1 Å². The fraction of sp³-hybridized carbons (Fsp3) is 0.381. The second-order valence-corrected chi connectivity index (χ2v) is 8.84. The minimum absolute atomic E-state index is 0.0256. The molecule has 1 fully saturated rings. The summed E-state index contributed by atoms with van der Waals surface area (Å²) in [5, 5.41) is 12.2. The Labute approximate surface area is 177 Å². The van der Waals surface area contributed by atoms with Crippen molar-refractivity contribution in [1.29, 1.82) is 0 Å². The lowest BCUT2D eigenvalue weighted by molar-refractivity contribution is -0.138. The molecule has 5 nitrogen and oxygen atoms in total. The molecule has 0 spiro atoms. The number of carboxylic acids is 1. The number of rotatable bonds is 8. The number of ether oxygens (including phenoxy) is 2. The second-order valence-electron chi connectivity index (χ2n) is 6.85. The van der Waals surface area contributed by atoms with E-state index in [4.69, 9.17) is 14.6 Å². The zero-order chi connectivity index (χ0) is 20.1. The van der Waals surface area contributed by atoms with Gasteiger partial charge >= 0.3 is 5.97 Å². The predicted molar refractivity (Wildman–Crippen MR) is 115 cm³/mol. The van der Waals surface area contributed by atoms with E-state index in [1.807, 2.05) is 36.4 Å². The van der Waals surface area contributed by atoms with Gasteiger partial charge in [0.25, 0.3) is 0 Å². The number of halogens is 1. The van der Waals surface area contributed by atoms with Crippen molar-refractivity contribution in [3.05, 3.63) is 58.1 Å². The van der Waals surface area contributed by atoms with Gasteiger partial charge in [0.15, 0.2) is 0 Å². The lowest BCUT2D eigenvalue weighted by atomic mass is 10.0. The Morgan fingerprint density at radius 1 is 1.21 bits per heavy atom. The molecule has 2 atom stereocenters. The van der Waals surface area contributed by atoms with Crippen LogP contribution >= 0.6 is 27.7 Å². The topological polar surface area (TPSA) is 67.8 Å². The molecule has 150 valence electrons. The van der Waals surface area contributed by atoms with Crippen LogP contribution in [0.5, 0.6) is 11.5 Å². The molecule has 0 radical (unpaired) electrons. The molecule has 3 rings (SSSR count). The largest absolute Gasteiger partial charge is 0.490 e. The molecule has 1 aliphatic rings. The van der Waals surface area contributed by atoms with Crippen molar-refractivity contribution in [1.82, 2.24) is 5.32 Å². The fourth-order valence-corrected chi connectivity index (χ4v) is 4.73. The summed E-state index contributed by atoms with van der Waals surface area (Å²) in [7, 11) is 0. The number of carboxylic acid groups (broad SMARTS) is 1. The molecule has 0 aliphatic carbocycles. The van der Waals surface area contributed by atoms with Gasteiger partial charge in [-0.15, -0.1) is 11.8 Å². The van der Waals surface area contributed by atoms with Crippen LogP contribution in [-0.2, 0) is 4.79 Å². The van der Waals surface area contributed by atoms with E-state index in [0.29, 0.717) is 24.9 Å². The summed E-state index contributed by atoms with van der Waals surface area (Å²) in [4.78, 5) is 11.1. The highest BCUT2D eigenvalue weighted by Crippen LogP contribution is 2.36. The third-order valence-electron chi connectivity index (χ3n) is 4.48. The van der Waals surface area contributed by atoms with E-state index in [2.05, 4.69) is 41.2 Å². The minimum atomic E-state index is -0.812. The highest BCUT2D eigenvalue weighted by molar-refractivity contribution is 9.10. The summed E-state index contributed by atoms with van der Waals surface area (Å²) in [6.07, 6.45) is 0. The molecule has 2 unspecified atom stereocenters. The van der Waals surface area contributed by atoms with E-state index < -0.39 is 12.0 Å². The first-order chi connectivity index (χ1) is 13.5. The van der Waals surface area contributed by atoms with E-state index in [1.54, 1.807) is 11.8 Å². The van der Waals surface area contributed by atoms with Crippen LogP contribution in [0.15, 0.2) is 46.9 Å². The number of carbonyl (C=O) groups is 1. The predicted octanol–water partition coefficient (Wildman–Crippen LogP) is 4.82. The first kappa shape index (κ1) is 21.0. The van der Waals surface area contributed by atoms with Crippen molar-refractivity contribution in [3.63, 3.8) is 0 Å². The van der Waals surface area contributed by atoms with Crippen LogP contribution in [0.25, 0.3) is 0 Å². The van der Waals surface area contributed by atoms with Gasteiger partial charge in [0.1, 0.15) is 30.8 Å². The normalized spacial score (nSPS) is 19.0. The third-order valence-corrected chi connectivity index (χ3v) is 6.37. The summed E-state index contributed by atoms with van der Waals surface area (Å²) in [5.41, 5.74) is 2.21. The van der Waals surface area contributed by atoms with E-state index in [-0.39, 0.29) is 5.37 Å². The number of hydrogen-bond acceptors (Lipinski definition) is 5. The highest BCUT2D eigenvalue weighted by atomic mass is 79.9. The second kappa shape index (κ2) is 9.67. The van der Waals surface area contributed by atoms with Gasteiger partial charge in [0.05, 0.1) is 9.85 Å². The number of benzene rings is 2. The molecule has 0 saturated carbocycles. The van der Waals surface area contributed by atoms with Gasteiger partial charge in [-0.25, -0.2) is 0 Å². The maximum Gasteiger partial charge on any atom is 0.321 e. The van der Waals surface area contributed by atoms with Crippen molar-refractivity contribution < 1.29 is 19.4 Å². The lowest BCUT2D eigenvalue weighted by Gasteiger charge is -2.16. The Kier molecular flexibility index (Phi) is 7.26. The Morgan fingerprint density at radius 2 is 1.93 bits per heavy atom. The van der Waals surface area contributed by atoms with Gasteiger partial charge in [-0.05, 0) is 51.2 Å². The van der Waals surface area contributed by atoms with E-state index in [9.17, 15) is 4.79 Å². The maximum absolute atomic E-state index is 11.1. The Bertz CT molecular complexity index is 830. The van der Waals surface area contributed by atoms with Crippen LogP contribution in [0.1, 0.15) is 36.3 Å². The van der Waals surface area contributed by atoms with Gasteiger partial charge in [0, 0.05) is 5.75 Å². The van der Waals surface area contributed by atoms with Crippen LogP contribution in [0.4, 0.5) is 0 Å². The van der Waals surface area contributed by atoms with Crippen LogP contribution < -0.4 is 14.8 Å². The molecule has 0 amide bonds. The van der Waals surface area contributed by atoms with Gasteiger partial charge in [-0.1, -0.05) is 38.1 Å². The van der Waals surface area contributed by atoms with E-state index >= 15 is 0 Å². The fourth-order valence-electron chi connectivity index (χ4n) is 3.00. The highest BCUT2D eigenvalue weighted by Gasteiger charge is 2.30. The monoisotopic (exact) mass is 465 g/mol. The Morgan fingerprint density at radius 3 is 2.57 bits per heavy atom. The quantitative estimate of drug-likeness (QED) is 0.544. The molecule has 2 aromatic carbocycles. The van der Waals surface area contributed by atoms with Crippen molar-refractivity contribution in [2.45, 2.75) is 31.2 Å². The average molecular weight is 466 g/mol. The lowest BCUT2D eigenvalue weighted by Crippen LogP contribution is -2.33. The molecule has 0 bridgehead atoms. The average Bonchev–Trinajstić information content (AvgIpc) is 3.17. The van der Waals surface area contributed by atoms with Gasteiger partial charge in [-0.2, -0.15) is 0 Å². The maximum atomic E-state index is 11.1. The summed E-state index contributed by atoms with van der Waals surface area (Å²) < 4.78 is 12.6. The number of para-hydroxylation sites is 1. The molecule has 1 saturated heterocycles. The molecule has 1 aliphatic heterocycles. The molecule has 0 aromatic heterocycles. The number of aliphatic carboxylic acids is 1. The summed E-state index contributed by atoms with van der Waals surface area (Å²) >= 11 is 5.14. The SMILES string of the molecule is CC(C)c1ccccc1OCCOc1ccc(C2NC(C(=O)O)CS2)cc1Br. The smallest absolute Gasteiger partial charge is 0.321 e. The van der Waals surface area contributed by atoms with Crippen LogP contribution in [0, 0.1) is 0 Å². The molecule has 2 aromatic rings. The molecule has 1 heterocycles. The number of thioether (sulfide) groups is 1. The number of hydrogen-bond donors (Lipinski definition) is 2. The van der Waals surface area contributed by atoms with Crippen molar-refractivity contribution in [3.8, 4) is 11.5 Å². The zero-order valence-corrected chi connectivity index (χ0v) is 18.3. The first-order valence-electron chi connectivity index (χ1n) is 9.20. The Hall–Kier alpha value is -1.70. The summed E-state index contributed by atoms with van der Waals surface area (Å²) in [6, 6.07) is 13.4. The molecule has 28 heavy (non-hydrogen) atoms. The van der Waals surface area contributed by atoms with Crippen molar-refractivity contribution in [2.75, 3.05) is 19.0 Å². The van der Waals surface area contributed by atoms with Crippen LogP contribution in [0.2, 0.25) is 0 Å². The summed E-state index contributed by atoms with van der Waals surface area (Å²) in [6.45, 7) is 5.18. The molecule has 2 N–H and O–H groups in total. The third kappa shape index (κ3) is 5.21.